The molecule has 0 saturated heterocycles. The first kappa shape index (κ1) is 8.78. The second-order valence-corrected chi connectivity index (χ2v) is 4.88. The van der Waals surface area contributed by atoms with E-state index in [2.05, 4.69) is 22.6 Å². The summed E-state index contributed by atoms with van der Waals surface area (Å²) < 4.78 is 1.18. The zero-order valence-corrected chi connectivity index (χ0v) is 9.39. The van der Waals surface area contributed by atoms with Crippen LogP contribution in [-0.4, -0.2) is 0 Å². The fourth-order valence-corrected chi connectivity index (χ4v) is 2.71. The van der Waals surface area contributed by atoms with Crippen LogP contribution in [0, 0.1) is 3.57 Å². The van der Waals surface area contributed by atoms with Gasteiger partial charge in [0.15, 0.2) is 0 Å². The molecule has 1 fully saturated rings. The van der Waals surface area contributed by atoms with Gasteiger partial charge in [0, 0.05) is 14.1 Å². The molecule has 0 aromatic heterocycles. The molecule has 2 N–H and O–H groups in total. The maximum Gasteiger partial charge on any atom is 0.0421 e. The molecule has 2 rings (SSSR count). The minimum Gasteiger partial charge on any atom is -0.321 e. The standard InChI is InChI=1S/C9H9ClIN/c10-6-1-2-7(8(11)5-6)9(12)3-4-9/h1-2,5H,3-4,12H2. The largest absolute Gasteiger partial charge is 0.321 e. The van der Waals surface area contributed by atoms with E-state index in [1.54, 1.807) is 0 Å². The van der Waals surface area contributed by atoms with Crippen molar-refractivity contribution in [3.05, 3.63) is 32.4 Å². The molecular formula is C9H9ClIN. The van der Waals surface area contributed by atoms with E-state index >= 15 is 0 Å². The van der Waals surface area contributed by atoms with E-state index in [1.165, 1.54) is 9.13 Å². The summed E-state index contributed by atoms with van der Waals surface area (Å²) in [5, 5.41) is 0.785. The monoisotopic (exact) mass is 293 g/mol. The van der Waals surface area contributed by atoms with Gasteiger partial charge in [0.05, 0.1) is 0 Å². The minimum absolute atomic E-state index is 0.0406. The van der Waals surface area contributed by atoms with Crippen molar-refractivity contribution in [3.8, 4) is 0 Å². The molecule has 3 heteroatoms. The molecule has 0 radical (unpaired) electrons. The SMILES string of the molecule is NC1(c2ccc(Cl)cc2I)CC1. The minimum atomic E-state index is -0.0406. The van der Waals surface area contributed by atoms with E-state index < -0.39 is 0 Å². The van der Waals surface area contributed by atoms with Gasteiger partial charge in [0.1, 0.15) is 0 Å². The van der Waals surface area contributed by atoms with Crippen LogP contribution in [0.25, 0.3) is 0 Å². The first-order valence-corrected chi connectivity index (χ1v) is 5.32. The molecule has 64 valence electrons. The van der Waals surface area contributed by atoms with E-state index in [4.69, 9.17) is 17.3 Å². The number of nitrogens with two attached hydrogens (primary N) is 1. The quantitative estimate of drug-likeness (QED) is 0.792. The Morgan fingerprint density at radius 2 is 2.08 bits per heavy atom. The Morgan fingerprint density at radius 3 is 2.58 bits per heavy atom. The molecule has 0 atom stereocenters. The predicted molar refractivity (Wildman–Crippen MR) is 59.3 cm³/mol. The van der Waals surface area contributed by atoms with E-state index in [0.717, 1.165) is 17.9 Å². The molecule has 12 heavy (non-hydrogen) atoms. The highest BCUT2D eigenvalue weighted by Crippen LogP contribution is 2.44. The lowest BCUT2D eigenvalue weighted by Crippen LogP contribution is -2.19. The van der Waals surface area contributed by atoms with Crippen LogP contribution >= 0.6 is 34.2 Å². The summed E-state index contributed by atoms with van der Waals surface area (Å²) in [5.41, 5.74) is 7.27. The summed E-state index contributed by atoms with van der Waals surface area (Å²) in [7, 11) is 0. The van der Waals surface area contributed by atoms with Crippen LogP contribution in [0.2, 0.25) is 5.02 Å². The lowest BCUT2D eigenvalue weighted by atomic mass is 10.1. The predicted octanol–water partition coefficient (Wildman–Crippen LogP) is 2.89. The number of hydrogen-bond donors (Lipinski definition) is 1. The second kappa shape index (κ2) is 2.86. The fraction of sp³-hybridized carbons (Fsp3) is 0.333. The molecule has 1 aliphatic carbocycles. The fourth-order valence-electron chi connectivity index (χ4n) is 1.30. The molecule has 1 nitrogen and oxygen atoms in total. The highest BCUT2D eigenvalue weighted by molar-refractivity contribution is 14.1. The zero-order valence-electron chi connectivity index (χ0n) is 6.48. The summed E-state index contributed by atoms with van der Waals surface area (Å²) in [6, 6.07) is 5.91. The average molecular weight is 294 g/mol. The molecular weight excluding hydrogens is 284 g/mol. The van der Waals surface area contributed by atoms with E-state index in [1.807, 2.05) is 18.2 Å². The van der Waals surface area contributed by atoms with Gasteiger partial charge in [-0.15, -0.1) is 0 Å². The molecule has 0 spiro atoms. The van der Waals surface area contributed by atoms with Crippen LogP contribution in [0.15, 0.2) is 18.2 Å². The van der Waals surface area contributed by atoms with Gasteiger partial charge >= 0.3 is 0 Å². The Labute approximate surface area is 90.4 Å². The van der Waals surface area contributed by atoms with Gasteiger partial charge in [-0.05, 0) is 53.1 Å². The maximum absolute atomic E-state index is 6.07. The normalized spacial score (nSPS) is 19.2. The second-order valence-electron chi connectivity index (χ2n) is 3.28. The van der Waals surface area contributed by atoms with Crippen molar-refractivity contribution >= 4 is 34.2 Å². The highest BCUT2D eigenvalue weighted by atomic mass is 127. The van der Waals surface area contributed by atoms with Gasteiger partial charge < -0.3 is 5.73 Å². The molecule has 1 aromatic rings. The van der Waals surface area contributed by atoms with Gasteiger partial charge in [-0.25, -0.2) is 0 Å². The number of halogens is 2. The van der Waals surface area contributed by atoms with Gasteiger partial charge in [-0.1, -0.05) is 17.7 Å². The summed E-state index contributed by atoms with van der Waals surface area (Å²) in [6.45, 7) is 0. The Balaban J connectivity index is 2.45. The van der Waals surface area contributed by atoms with Crippen molar-refractivity contribution in [1.82, 2.24) is 0 Å². The molecule has 1 aromatic carbocycles. The Bertz CT molecular complexity index is 320. The van der Waals surface area contributed by atoms with Crippen molar-refractivity contribution in [2.45, 2.75) is 18.4 Å². The Hall–Kier alpha value is 0.200. The van der Waals surface area contributed by atoms with Gasteiger partial charge in [-0.2, -0.15) is 0 Å². The topological polar surface area (TPSA) is 26.0 Å². The lowest BCUT2D eigenvalue weighted by Gasteiger charge is -2.11. The van der Waals surface area contributed by atoms with Crippen molar-refractivity contribution < 1.29 is 0 Å². The average Bonchev–Trinajstić information content (AvgIpc) is 2.68. The molecule has 0 bridgehead atoms. The third-order valence-corrected chi connectivity index (χ3v) is 3.38. The van der Waals surface area contributed by atoms with Gasteiger partial charge in [0.25, 0.3) is 0 Å². The third-order valence-electron chi connectivity index (χ3n) is 2.26. The summed E-state index contributed by atoms with van der Waals surface area (Å²) >= 11 is 8.13. The van der Waals surface area contributed by atoms with Crippen LogP contribution in [0.1, 0.15) is 18.4 Å². The summed E-state index contributed by atoms with van der Waals surface area (Å²) in [6.07, 6.45) is 2.20. The third kappa shape index (κ3) is 1.47. The van der Waals surface area contributed by atoms with E-state index in [9.17, 15) is 0 Å². The van der Waals surface area contributed by atoms with Crippen LogP contribution in [0.4, 0.5) is 0 Å². The Kier molecular flexibility index (Phi) is 2.09. The summed E-state index contributed by atoms with van der Waals surface area (Å²) in [5.74, 6) is 0. The van der Waals surface area contributed by atoms with Gasteiger partial charge in [0.2, 0.25) is 0 Å². The van der Waals surface area contributed by atoms with Crippen LogP contribution in [-0.2, 0) is 5.54 Å². The van der Waals surface area contributed by atoms with Crippen LogP contribution in [0.5, 0.6) is 0 Å². The van der Waals surface area contributed by atoms with E-state index in [-0.39, 0.29) is 5.54 Å². The molecule has 0 amide bonds. The van der Waals surface area contributed by atoms with Crippen LogP contribution < -0.4 is 5.73 Å². The van der Waals surface area contributed by atoms with Gasteiger partial charge in [-0.3, -0.25) is 0 Å². The number of benzene rings is 1. The van der Waals surface area contributed by atoms with Crippen molar-refractivity contribution in [2.24, 2.45) is 5.73 Å². The molecule has 0 aliphatic heterocycles. The summed E-state index contributed by atoms with van der Waals surface area (Å²) in [4.78, 5) is 0. The molecule has 1 aliphatic rings. The van der Waals surface area contributed by atoms with Crippen LogP contribution in [0.3, 0.4) is 0 Å². The van der Waals surface area contributed by atoms with Crippen molar-refractivity contribution in [3.63, 3.8) is 0 Å². The first-order valence-electron chi connectivity index (χ1n) is 3.86. The number of rotatable bonds is 1. The Morgan fingerprint density at radius 1 is 1.42 bits per heavy atom. The first-order chi connectivity index (χ1) is 5.62. The van der Waals surface area contributed by atoms with Crippen molar-refractivity contribution in [2.75, 3.05) is 0 Å². The molecule has 0 unspecified atom stereocenters. The molecule has 0 heterocycles. The van der Waals surface area contributed by atoms with Crippen molar-refractivity contribution in [1.29, 1.82) is 0 Å². The molecule has 1 saturated carbocycles. The highest BCUT2D eigenvalue weighted by Gasteiger charge is 2.41. The number of hydrogen-bond acceptors (Lipinski definition) is 1. The smallest absolute Gasteiger partial charge is 0.0421 e. The maximum atomic E-state index is 6.07. The lowest BCUT2D eigenvalue weighted by molar-refractivity contribution is 0.735. The zero-order chi connectivity index (χ0) is 8.77. The van der Waals surface area contributed by atoms with E-state index in [0.29, 0.717) is 0 Å².